The van der Waals surface area contributed by atoms with Crippen LogP contribution in [0.3, 0.4) is 0 Å². The molecule has 1 aromatic carbocycles. The molecule has 0 bridgehead atoms. The van der Waals surface area contributed by atoms with Crippen molar-refractivity contribution in [2.24, 2.45) is 0 Å². The number of aryl methyl sites for hydroxylation is 1. The molecule has 1 saturated heterocycles. The summed E-state index contributed by atoms with van der Waals surface area (Å²) in [6.07, 6.45) is 6.38. The molecule has 0 unspecified atom stereocenters. The smallest absolute Gasteiger partial charge is 0.260 e. The molecule has 1 aliphatic heterocycles. The topological polar surface area (TPSA) is 102 Å². The third-order valence-electron chi connectivity index (χ3n) is 6.10. The van der Waals surface area contributed by atoms with Crippen molar-refractivity contribution in [3.8, 4) is 11.3 Å². The number of H-pyrrole nitrogens is 1. The Morgan fingerprint density at radius 2 is 2.06 bits per heavy atom. The first-order chi connectivity index (χ1) is 16.5. The van der Waals surface area contributed by atoms with Crippen LogP contribution in [0.2, 0.25) is 0 Å². The van der Waals surface area contributed by atoms with Gasteiger partial charge in [-0.2, -0.15) is 5.10 Å². The Hall–Kier alpha value is -3.85. The van der Waals surface area contributed by atoms with Crippen molar-refractivity contribution in [3.63, 3.8) is 0 Å². The van der Waals surface area contributed by atoms with Gasteiger partial charge in [0.2, 0.25) is 0 Å². The highest BCUT2D eigenvalue weighted by Crippen LogP contribution is 2.22. The quantitative estimate of drug-likeness (QED) is 0.475. The zero-order chi connectivity index (χ0) is 23.7. The largest absolute Gasteiger partial charge is 0.381 e. The summed E-state index contributed by atoms with van der Waals surface area (Å²) >= 11 is 0. The second-order valence-corrected chi connectivity index (χ2v) is 8.52. The van der Waals surface area contributed by atoms with Gasteiger partial charge >= 0.3 is 0 Å². The first-order valence-electron chi connectivity index (χ1n) is 11.2. The second-order valence-electron chi connectivity index (χ2n) is 8.52. The van der Waals surface area contributed by atoms with Crippen LogP contribution in [-0.4, -0.2) is 44.9 Å². The Morgan fingerprint density at radius 3 is 2.82 bits per heavy atom. The van der Waals surface area contributed by atoms with Gasteiger partial charge in [-0.3, -0.25) is 19.7 Å². The molecule has 8 nitrogen and oxygen atoms in total. The summed E-state index contributed by atoms with van der Waals surface area (Å²) in [5.74, 6) is -0.852. The van der Waals surface area contributed by atoms with Crippen molar-refractivity contribution in [2.75, 3.05) is 13.2 Å². The maximum Gasteiger partial charge on any atom is 0.260 e. The lowest BCUT2D eigenvalue weighted by atomic mass is 10.1. The van der Waals surface area contributed by atoms with Crippen molar-refractivity contribution in [1.29, 1.82) is 0 Å². The van der Waals surface area contributed by atoms with Crippen molar-refractivity contribution >= 4 is 16.7 Å². The SMILES string of the molecule is Cc1[nH]ncc1-c1cc2ccn(Cc3cc(F)cc(C(=O)NC4CCOCC4)c3)c(=O)c2cn1. The van der Waals surface area contributed by atoms with Crippen LogP contribution in [0.15, 0.2) is 53.7 Å². The molecule has 4 aromatic rings. The highest BCUT2D eigenvalue weighted by Gasteiger charge is 2.18. The predicted molar refractivity (Wildman–Crippen MR) is 125 cm³/mol. The van der Waals surface area contributed by atoms with Gasteiger partial charge < -0.3 is 14.6 Å². The number of nitrogens with one attached hydrogen (secondary N) is 2. The van der Waals surface area contributed by atoms with Crippen LogP contribution in [-0.2, 0) is 11.3 Å². The highest BCUT2D eigenvalue weighted by atomic mass is 19.1. The van der Waals surface area contributed by atoms with Gasteiger partial charge in [-0.05, 0) is 61.0 Å². The number of amides is 1. The molecule has 2 N–H and O–H groups in total. The number of rotatable bonds is 5. The van der Waals surface area contributed by atoms with Gasteiger partial charge in [0.1, 0.15) is 5.82 Å². The van der Waals surface area contributed by atoms with Crippen LogP contribution in [0.1, 0.15) is 34.5 Å². The van der Waals surface area contributed by atoms with Gasteiger partial charge in [0.15, 0.2) is 0 Å². The van der Waals surface area contributed by atoms with E-state index in [0.717, 1.165) is 35.2 Å². The fourth-order valence-corrected chi connectivity index (χ4v) is 4.24. The summed E-state index contributed by atoms with van der Waals surface area (Å²) < 4.78 is 21.1. The fourth-order valence-electron chi connectivity index (χ4n) is 4.24. The van der Waals surface area contributed by atoms with Crippen LogP contribution in [0.4, 0.5) is 4.39 Å². The number of hydrogen-bond acceptors (Lipinski definition) is 5. The number of halogens is 1. The van der Waals surface area contributed by atoms with Crippen molar-refractivity contribution in [2.45, 2.75) is 32.4 Å². The minimum Gasteiger partial charge on any atom is -0.381 e. The zero-order valence-electron chi connectivity index (χ0n) is 18.7. The minimum atomic E-state index is -0.523. The number of carbonyl (C=O) groups excluding carboxylic acids is 1. The van der Waals surface area contributed by atoms with Crippen LogP contribution < -0.4 is 10.9 Å². The predicted octanol–water partition coefficient (Wildman–Crippen LogP) is 3.19. The fraction of sp³-hybridized carbons (Fsp3) is 0.280. The standard InChI is InChI=1S/C25H24FN5O3/c1-15-21(13-28-30-15)23-11-17-2-5-31(25(33)22(17)12-27-23)14-16-8-18(10-19(26)9-16)24(32)29-20-3-6-34-7-4-20/h2,5,8-13,20H,3-4,6-7,14H2,1H3,(H,28,30)(H,29,32). The molecule has 0 saturated carbocycles. The number of carbonyl (C=O) groups is 1. The van der Waals surface area contributed by atoms with Gasteiger partial charge in [0, 0.05) is 48.5 Å². The van der Waals surface area contributed by atoms with Crippen molar-refractivity contribution in [1.82, 2.24) is 25.1 Å². The molecule has 9 heteroatoms. The lowest BCUT2D eigenvalue weighted by molar-refractivity contribution is 0.0696. The molecule has 0 atom stereocenters. The molecule has 1 fully saturated rings. The summed E-state index contributed by atoms with van der Waals surface area (Å²) in [5, 5.41) is 11.1. The number of pyridine rings is 2. The van der Waals surface area contributed by atoms with Gasteiger partial charge in [-0.1, -0.05) is 0 Å². The van der Waals surface area contributed by atoms with E-state index >= 15 is 0 Å². The number of ether oxygens (including phenoxy) is 1. The number of aromatic amines is 1. The highest BCUT2D eigenvalue weighted by molar-refractivity contribution is 5.94. The first-order valence-corrected chi connectivity index (χ1v) is 11.2. The lowest BCUT2D eigenvalue weighted by Gasteiger charge is -2.23. The summed E-state index contributed by atoms with van der Waals surface area (Å²) in [5.41, 5.74) is 3.01. The third-order valence-corrected chi connectivity index (χ3v) is 6.10. The second kappa shape index (κ2) is 9.18. The van der Waals surface area contributed by atoms with Crippen LogP contribution in [0, 0.1) is 12.7 Å². The Labute approximate surface area is 194 Å². The molecule has 34 heavy (non-hydrogen) atoms. The van der Waals surface area contributed by atoms with Gasteiger partial charge in [-0.25, -0.2) is 4.39 Å². The number of hydrogen-bond donors (Lipinski definition) is 2. The summed E-state index contributed by atoms with van der Waals surface area (Å²) in [6.45, 7) is 3.24. The summed E-state index contributed by atoms with van der Waals surface area (Å²) in [4.78, 5) is 30.2. The van der Waals surface area contributed by atoms with E-state index < -0.39 is 5.82 Å². The summed E-state index contributed by atoms with van der Waals surface area (Å²) in [7, 11) is 0. The Bertz CT molecular complexity index is 1420. The van der Waals surface area contributed by atoms with E-state index in [1.165, 1.54) is 16.7 Å². The van der Waals surface area contributed by atoms with Crippen molar-refractivity contribution < 1.29 is 13.9 Å². The summed E-state index contributed by atoms with van der Waals surface area (Å²) in [6, 6.07) is 7.86. The van der Waals surface area contributed by atoms with Crippen molar-refractivity contribution in [3.05, 3.63) is 81.9 Å². The van der Waals surface area contributed by atoms with Gasteiger partial charge in [0.05, 0.1) is 23.8 Å². The van der Waals surface area contributed by atoms with E-state index in [1.807, 2.05) is 19.1 Å². The monoisotopic (exact) mass is 461 g/mol. The maximum atomic E-state index is 14.3. The lowest BCUT2D eigenvalue weighted by Crippen LogP contribution is -2.39. The normalized spacial score (nSPS) is 14.4. The molecule has 174 valence electrons. The first kappa shape index (κ1) is 22.0. The number of benzene rings is 1. The van der Waals surface area contributed by atoms with E-state index in [-0.39, 0.29) is 29.6 Å². The molecule has 3 aromatic heterocycles. The molecule has 5 rings (SSSR count). The van der Waals surface area contributed by atoms with Gasteiger partial charge in [-0.15, -0.1) is 0 Å². The molecular weight excluding hydrogens is 437 g/mol. The van der Waals surface area contributed by atoms with E-state index in [1.54, 1.807) is 24.7 Å². The maximum absolute atomic E-state index is 14.3. The van der Waals surface area contributed by atoms with Crippen LogP contribution in [0.5, 0.6) is 0 Å². The average Bonchev–Trinajstić information content (AvgIpc) is 3.27. The Balaban J connectivity index is 1.40. The van der Waals surface area contributed by atoms with E-state index in [2.05, 4.69) is 20.5 Å². The Kier molecular flexibility index (Phi) is 5.93. The number of aromatic nitrogens is 4. The average molecular weight is 461 g/mol. The molecule has 0 radical (unpaired) electrons. The minimum absolute atomic E-state index is 0.0132. The molecule has 1 aliphatic rings. The number of nitrogens with zero attached hydrogens (tertiary/aromatic N) is 3. The van der Waals surface area contributed by atoms with E-state index in [0.29, 0.717) is 24.2 Å². The molecule has 1 amide bonds. The number of fused-ring (bicyclic) bond motifs is 1. The molecular formula is C25H24FN5O3. The van der Waals surface area contributed by atoms with E-state index in [9.17, 15) is 14.0 Å². The van der Waals surface area contributed by atoms with Crippen LogP contribution in [0.25, 0.3) is 22.0 Å². The third kappa shape index (κ3) is 4.47. The van der Waals surface area contributed by atoms with Gasteiger partial charge in [0.25, 0.3) is 11.5 Å². The van der Waals surface area contributed by atoms with Crippen LogP contribution >= 0.6 is 0 Å². The zero-order valence-corrected chi connectivity index (χ0v) is 18.7. The molecule has 0 spiro atoms. The Morgan fingerprint density at radius 1 is 1.24 bits per heavy atom. The molecule has 0 aliphatic carbocycles. The van der Waals surface area contributed by atoms with E-state index in [4.69, 9.17) is 4.74 Å². The molecule has 4 heterocycles.